The molecule has 0 aromatic heterocycles. The lowest BCUT2D eigenvalue weighted by Crippen LogP contribution is -2.32. The minimum atomic E-state index is -0.349. The van der Waals surface area contributed by atoms with Crippen molar-refractivity contribution in [3.63, 3.8) is 0 Å². The summed E-state index contributed by atoms with van der Waals surface area (Å²) in [4.78, 5) is 0. The fraction of sp³-hybridized carbons (Fsp3) is 0.793. The Morgan fingerprint density at radius 1 is 0.774 bits per heavy atom. The zero-order chi connectivity index (χ0) is 24.6. The van der Waals surface area contributed by atoms with E-state index in [1.807, 2.05) is 6.92 Å². The topological polar surface area (TPSA) is 40.5 Å². The van der Waals surface area contributed by atoms with Crippen molar-refractivity contribution in [1.29, 1.82) is 0 Å². The molecule has 31 heavy (non-hydrogen) atoms. The molecule has 0 aliphatic rings. The van der Waals surface area contributed by atoms with Gasteiger partial charge in [0.15, 0.2) is 0 Å². The second-order valence-corrected chi connectivity index (χ2v) is 14.2. The van der Waals surface area contributed by atoms with Gasteiger partial charge in [0.05, 0.1) is 6.10 Å². The van der Waals surface area contributed by atoms with Crippen LogP contribution in [0, 0.1) is 16.7 Å². The van der Waals surface area contributed by atoms with Crippen molar-refractivity contribution in [2.24, 2.45) is 16.7 Å². The predicted octanol–water partition coefficient (Wildman–Crippen LogP) is 8.33. The van der Waals surface area contributed by atoms with E-state index in [1.165, 1.54) is 5.56 Å². The maximum absolute atomic E-state index is 11.2. The Labute approximate surface area is 193 Å². The summed E-state index contributed by atoms with van der Waals surface area (Å²) in [5.74, 6) is 1.00. The van der Waals surface area contributed by atoms with Crippen molar-refractivity contribution in [1.82, 2.24) is 0 Å². The third-order valence-corrected chi connectivity index (χ3v) is 6.70. The molecule has 0 spiro atoms. The molecule has 2 nitrogen and oxygen atoms in total. The van der Waals surface area contributed by atoms with Gasteiger partial charge < -0.3 is 10.2 Å². The van der Waals surface area contributed by atoms with Crippen LogP contribution >= 0.6 is 0 Å². The average Bonchev–Trinajstić information content (AvgIpc) is 2.50. The van der Waals surface area contributed by atoms with E-state index in [0.717, 1.165) is 30.4 Å². The van der Waals surface area contributed by atoms with E-state index in [1.54, 1.807) is 0 Å². The third-order valence-electron chi connectivity index (χ3n) is 6.70. The molecule has 1 aromatic carbocycles. The number of hydrogen-bond donors (Lipinski definition) is 2. The van der Waals surface area contributed by atoms with Crippen molar-refractivity contribution in [3.8, 4) is 5.75 Å². The quantitative estimate of drug-likeness (QED) is 0.474. The fourth-order valence-corrected chi connectivity index (χ4v) is 4.64. The summed E-state index contributed by atoms with van der Waals surface area (Å²) in [7, 11) is 0. The first kappa shape index (κ1) is 28.0. The summed E-state index contributed by atoms with van der Waals surface area (Å²) in [6.07, 6.45) is 2.82. The minimum Gasteiger partial charge on any atom is -0.507 e. The lowest BCUT2D eigenvalue weighted by atomic mass is 9.69. The van der Waals surface area contributed by atoms with E-state index in [9.17, 15) is 10.2 Å². The van der Waals surface area contributed by atoms with Gasteiger partial charge in [-0.25, -0.2) is 0 Å². The number of aliphatic hydroxyl groups excluding tert-OH is 1. The van der Waals surface area contributed by atoms with E-state index < -0.39 is 0 Å². The molecule has 0 amide bonds. The van der Waals surface area contributed by atoms with Gasteiger partial charge in [-0.3, -0.25) is 0 Å². The average molecular weight is 433 g/mol. The molecule has 0 radical (unpaired) electrons. The molecule has 1 rings (SSSR count). The summed E-state index contributed by atoms with van der Waals surface area (Å²) in [5, 5.41) is 21.8. The SMILES string of the molecule is CC(O)C(CC(CCC(C)(C)C)c1cc(C(C)(C)C)c(O)c(C(C)(C)C)c1)C(C)(C)C. The van der Waals surface area contributed by atoms with Gasteiger partial charge in [0.2, 0.25) is 0 Å². The lowest BCUT2D eigenvalue weighted by Gasteiger charge is -2.37. The van der Waals surface area contributed by atoms with Gasteiger partial charge in [-0.05, 0) is 76.4 Å². The van der Waals surface area contributed by atoms with Gasteiger partial charge in [0, 0.05) is 0 Å². The maximum atomic E-state index is 11.2. The van der Waals surface area contributed by atoms with E-state index in [-0.39, 0.29) is 33.7 Å². The van der Waals surface area contributed by atoms with Crippen LogP contribution in [0.3, 0.4) is 0 Å². The van der Waals surface area contributed by atoms with Crippen LogP contribution < -0.4 is 0 Å². The van der Waals surface area contributed by atoms with Crippen molar-refractivity contribution >= 4 is 0 Å². The van der Waals surface area contributed by atoms with Crippen molar-refractivity contribution in [2.45, 2.75) is 132 Å². The molecule has 0 aliphatic carbocycles. The van der Waals surface area contributed by atoms with Gasteiger partial charge in [0.25, 0.3) is 0 Å². The summed E-state index contributed by atoms with van der Waals surface area (Å²) < 4.78 is 0. The van der Waals surface area contributed by atoms with Crippen LogP contribution in [0.4, 0.5) is 0 Å². The molecule has 0 saturated carbocycles. The molecule has 0 bridgehead atoms. The fourth-order valence-electron chi connectivity index (χ4n) is 4.64. The first-order chi connectivity index (χ1) is 13.6. The van der Waals surface area contributed by atoms with Crippen molar-refractivity contribution in [3.05, 3.63) is 28.8 Å². The number of benzene rings is 1. The molecular formula is C29H52O2. The number of phenols is 1. The molecule has 3 atom stereocenters. The van der Waals surface area contributed by atoms with Gasteiger partial charge >= 0.3 is 0 Å². The highest BCUT2D eigenvalue weighted by Gasteiger charge is 2.34. The second-order valence-electron chi connectivity index (χ2n) is 14.2. The third kappa shape index (κ3) is 8.12. The molecule has 3 unspecified atom stereocenters. The molecule has 1 aromatic rings. The zero-order valence-corrected chi connectivity index (χ0v) is 22.9. The number of aromatic hydroxyl groups is 1. The number of hydrogen-bond acceptors (Lipinski definition) is 2. The summed E-state index contributed by atoms with van der Waals surface area (Å²) in [6, 6.07) is 4.50. The van der Waals surface area contributed by atoms with E-state index in [4.69, 9.17) is 0 Å². The smallest absolute Gasteiger partial charge is 0.123 e. The van der Waals surface area contributed by atoms with Crippen molar-refractivity contribution in [2.75, 3.05) is 0 Å². The Balaban J connectivity index is 3.66. The van der Waals surface area contributed by atoms with Crippen LogP contribution in [0.5, 0.6) is 5.75 Å². The highest BCUT2D eigenvalue weighted by Crippen LogP contribution is 2.45. The van der Waals surface area contributed by atoms with Crippen LogP contribution in [0.2, 0.25) is 0 Å². The molecule has 0 saturated heterocycles. The van der Waals surface area contributed by atoms with E-state index in [2.05, 4.69) is 95.2 Å². The van der Waals surface area contributed by atoms with Gasteiger partial charge in [0.1, 0.15) is 5.75 Å². The molecule has 0 aliphatic heterocycles. The van der Waals surface area contributed by atoms with Gasteiger partial charge in [-0.1, -0.05) is 95.2 Å². The first-order valence-electron chi connectivity index (χ1n) is 12.2. The van der Waals surface area contributed by atoms with E-state index >= 15 is 0 Å². The van der Waals surface area contributed by atoms with Crippen LogP contribution in [0.1, 0.15) is 132 Å². The van der Waals surface area contributed by atoms with E-state index in [0.29, 0.717) is 11.7 Å². The predicted molar refractivity (Wildman–Crippen MR) is 136 cm³/mol. The second kappa shape index (κ2) is 9.46. The normalized spacial score (nSPS) is 16.8. The Bertz CT molecular complexity index is 680. The largest absolute Gasteiger partial charge is 0.507 e. The molecule has 0 heterocycles. The number of phenolic OH excluding ortho intramolecular Hbond substituents is 1. The molecule has 180 valence electrons. The summed E-state index contributed by atoms with van der Waals surface area (Å²) in [6.45, 7) is 28.6. The van der Waals surface area contributed by atoms with Gasteiger partial charge in [-0.15, -0.1) is 0 Å². The lowest BCUT2D eigenvalue weighted by molar-refractivity contribution is 0.0441. The van der Waals surface area contributed by atoms with Crippen LogP contribution in [0.25, 0.3) is 0 Å². The Kier molecular flexibility index (Phi) is 8.55. The maximum Gasteiger partial charge on any atom is 0.123 e. The van der Waals surface area contributed by atoms with Gasteiger partial charge in [-0.2, -0.15) is 0 Å². The highest BCUT2D eigenvalue weighted by atomic mass is 16.3. The number of rotatable bonds is 6. The van der Waals surface area contributed by atoms with Crippen molar-refractivity contribution < 1.29 is 10.2 Å². The van der Waals surface area contributed by atoms with Crippen LogP contribution in [-0.2, 0) is 10.8 Å². The Morgan fingerprint density at radius 3 is 1.48 bits per heavy atom. The molecule has 2 N–H and O–H groups in total. The zero-order valence-electron chi connectivity index (χ0n) is 22.9. The molecule has 0 fully saturated rings. The summed E-state index contributed by atoms with van der Waals surface area (Å²) in [5.41, 5.74) is 3.39. The standard InChI is InChI=1S/C29H52O2/c1-19(30)22(27(5,6)7)16-20(14-15-26(2,3)4)21-17-23(28(8,9)10)25(31)24(18-21)29(11,12)13/h17-20,22,30-31H,14-16H2,1-13H3. The Hall–Kier alpha value is -1.02. The number of aliphatic hydroxyl groups is 1. The monoisotopic (exact) mass is 432 g/mol. The minimum absolute atomic E-state index is 0.0325. The first-order valence-corrected chi connectivity index (χ1v) is 12.2. The summed E-state index contributed by atoms with van der Waals surface area (Å²) >= 11 is 0. The molecule has 2 heteroatoms. The van der Waals surface area contributed by atoms with Crippen LogP contribution in [0.15, 0.2) is 12.1 Å². The van der Waals surface area contributed by atoms with Crippen LogP contribution in [-0.4, -0.2) is 16.3 Å². The molecular weight excluding hydrogens is 380 g/mol. The Morgan fingerprint density at radius 2 is 1.19 bits per heavy atom. The highest BCUT2D eigenvalue weighted by molar-refractivity contribution is 5.50.